The zero-order valence-electron chi connectivity index (χ0n) is 11.2. The highest BCUT2D eigenvalue weighted by molar-refractivity contribution is 7.18. The van der Waals surface area contributed by atoms with E-state index < -0.39 is 0 Å². The van der Waals surface area contributed by atoms with Gasteiger partial charge in [0.15, 0.2) is 0 Å². The van der Waals surface area contributed by atoms with Crippen molar-refractivity contribution in [2.24, 2.45) is 0 Å². The van der Waals surface area contributed by atoms with Crippen LogP contribution in [0.4, 0.5) is 5.13 Å². The average molecular weight is 288 g/mol. The summed E-state index contributed by atoms with van der Waals surface area (Å²) in [6, 6.07) is 9.20. The molecular weight excluding hydrogens is 272 g/mol. The molecule has 2 aliphatic heterocycles. The van der Waals surface area contributed by atoms with Gasteiger partial charge in [-0.25, -0.2) is 0 Å². The number of hydrogen-bond acceptors (Lipinski definition) is 6. The lowest BCUT2D eigenvalue weighted by atomic mass is 10.2. The molecule has 0 saturated carbocycles. The van der Waals surface area contributed by atoms with E-state index in [1.807, 2.05) is 24.3 Å². The van der Waals surface area contributed by atoms with E-state index in [4.69, 9.17) is 4.74 Å². The van der Waals surface area contributed by atoms with Crippen LogP contribution < -0.4 is 15.0 Å². The molecule has 1 N–H and O–H groups in total. The maximum Gasteiger partial charge on any atom is 0.208 e. The summed E-state index contributed by atoms with van der Waals surface area (Å²) in [5, 5.41) is 14.2. The molecule has 3 heterocycles. The normalized spacial score (nSPS) is 24.4. The van der Waals surface area contributed by atoms with Gasteiger partial charge < -0.3 is 15.0 Å². The second-order valence-electron chi connectivity index (χ2n) is 5.27. The van der Waals surface area contributed by atoms with Crippen molar-refractivity contribution in [3.8, 4) is 16.3 Å². The molecule has 0 unspecified atom stereocenters. The number of methoxy groups -OCH3 is 1. The van der Waals surface area contributed by atoms with Gasteiger partial charge in [-0.2, -0.15) is 0 Å². The fourth-order valence-electron chi connectivity index (χ4n) is 2.98. The second kappa shape index (κ2) is 4.71. The number of piperazine rings is 1. The van der Waals surface area contributed by atoms with Gasteiger partial charge in [-0.15, -0.1) is 10.2 Å². The monoisotopic (exact) mass is 288 g/mol. The van der Waals surface area contributed by atoms with Crippen LogP contribution in [0.3, 0.4) is 0 Å². The molecule has 1 aromatic carbocycles. The Bertz CT molecular complexity index is 612. The lowest BCUT2D eigenvalue weighted by molar-refractivity contribution is 0.415. The fourth-order valence-corrected chi connectivity index (χ4v) is 3.91. The van der Waals surface area contributed by atoms with Crippen LogP contribution in [0.15, 0.2) is 24.3 Å². The van der Waals surface area contributed by atoms with Crippen LogP contribution in [0, 0.1) is 0 Å². The van der Waals surface area contributed by atoms with E-state index in [0.717, 1.165) is 34.5 Å². The predicted octanol–water partition coefficient (Wildman–Crippen LogP) is 1.76. The molecule has 2 aromatic rings. The molecule has 104 valence electrons. The summed E-state index contributed by atoms with van der Waals surface area (Å²) in [4.78, 5) is 2.39. The van der Waals surface area contributed by atoms with Crippen LogP contribution in [-0.2, 0) is 0 Å². The summed E-state index contributed by atoms with van der Waals surface area (Å²) in [6.45, 7) is 2.13. The summed E-state index contributed by atoms with van der Waals surface area (Å²) in [5.74, 6) is 0.862. The molecule has 6 heteroatoms. The fraction of sp³-hybridized carbons (Fsp3) is 0.429. The number of nitrogens with zero attached hydrogens (tertiary/aromatic N) is 3. The standard InChI is InChI=1S/C14H16N4OS/c1-19-12-4-2-9(3-5-12)13-16-17-14(20-13)18-8-10-6-11(18)7-15-10/h2-5,10-11,15H,6-8H2,1H3/t10-,11-/m0/s1. The SMILES string of the molecule is COc1ccc(-c2nnc(N3C[C@@H]4C[C@H]3CN4)s2)cc1. The van der Waals surface area contributed by atoms with Crippen molar-refractivity contribution in [1.29, 1.82) is 0 Å². The Balaban J connectivity index is 1.58. The summed E-state index contributed by atoms with van der Waals surface area (Å²) in [6.07, 6.45) is 1.23. The van der Waals surface area contributed by atoms with Crippen LogP contribution in [0.2, 0.25) is 0 Å². The molecule has 0 aliphatic carbocycles. The minimum Gasteiger partial charge on any atom is -0.497 e. The molecule has 0 spiro atoms. The number of fused-ring (bicyclic) bond motifs is 2. The minimum absolute atomic E-state index is 0.594. The third kappa shape index (κ3) is 1.96. The summed E-state index contributed by atoms with van der Waals surface area (Å²) in [7, 11) is 1.68. The maximum atomic E-state index is 5.18. The van der Waals surface area contributed by atoms with Crippen molar-refractivity contribution >= 4 is 16.5 Å². The number of hydrogen-bond donors (Lipinski definition) is 1. The number of anilines is 1. The zero-order chi connectivity index (χ0) is 13.5. The van der Waals surface area contributed by atoms with Gasteiger partial charge in [-0.3, -0.25) is 0 Å². The van der Waals surface area contributed by atoms with Crippen LogP contribution in [0.5, 0.6) is 5.75 Å². The highest BCUT2D eigenvalue weighted by Crippen LogP contribution is 2.34. The lowest BCUT2D eigenvalue weighted by Gasteiger charge is -2.26. The van der Waals surface area contributed by atoms with Crippen LogP contribution >= 0.6 is 11.3 Å². The van der Waals surface area contributed by atoms with Crippen LogP contribution in [0.1, 0.15) is 6.42 Å². The zero-order valence-corrected chi connectivity index (χ0v) is 12.1. The molecule has 0 amide bonds. The van der Waals surface area contributed by atoms with Gasteiger partial charge in [0.1, 0.15) is 10.8 Å². The van der Waals surface area contributed by atoms with Gasteiger partial charge in [0.05, 0.1) is 7.11 Å². The van der Waals surface area contributed by atoms with E-state index in [-0.39, 0.29) is 0 Å². The first kappa shape index (κ1) is 12.1. The first-order valence-corrected chi connectivity index (χ1v) is 7.63. The first-order valence-electron chi connectivity index (χ1n) is 6.81. The van der Waals surface area contributed by atoms with E-state index in [9.17, 15) is 0 Å². The quantitative estimate of drug-likeness (QED) is 0.933. The van der Waals surface area contributed by atoms with E-state index >= 15 is 0 Å². The van der Waals surface area contributed by atoms with Crippen molar-refractivity contribution in [3.05, 3.63) is 24.3 Å². The van der Waals surface area contributed by atoms with Gasteiger partial charge in [0.25, 0.3) is 0 Å². The van der Waals surface area contributed by atoms with Crippen molar-refractivity contribution < 1.29 is 4.74 Å². The average Bonchev–Trinajstić information content (AvgIpc) is 3.23. The Labute approximate surface area is 121 Å². The number of ether oxygens (including phenoxy) is 1. The smallest absolute Gasteiger partial charge is 0.208 e. The van der Waals surface area contributed by atoms with Gasteiger partial charge in [0, 0.05) is 30.7 Å². The number of benzene rings is 1. The van der Waals surface area contributed by atoms with E-state index in [1.54, 1.807) is 18.4 Å². The molecular formula is C14H16N4OS. The Hall–Kier alpha value is -1.66. The molecule has 20 heavy (non-hydrogen) atoms. The Kier molecular flexibility index (Phi) is 2.85. The molecule has 0 radical (unpaired) electrons. The molecule has 4 rings (SSSR count). The third-order valence-electron chi connectivity index (χ3n) is 4.05. The Morgan fingerprint density at radius 2 is 2.15 bits per heavy atom. The molecule has 2 saturated heterocycles. The van der Waals surface area contributed by atoms with Crippen molar-refractivity contribution in [2.75, 3.05) is 25.1 Å². The second-order valence-corrected chi connectivity index (χ2v) is 6.22. The number of nitrogens with one attached hydrogen (secondary N) is 1. The third-order valence-corrected chi connectivity index (χ3v) is 5.06. The van der Waals surface area contributed by atoms with Crippen molar-refractivity contribution in [3.63, 3.8) is 0 Å². The van der Waals surface area contributed by atoms with E-state index in [0.29, 0.717) is 12.1 Å². The van der Waals surface area contributed by atoms with Gasteiger partial charge in [-0.1, -0.05) is 11.3 Å². The van der Waals surface area contributed by atoms with Gasteiger partial charge in [-0.05, 0) is 30.7 Å². The Morgan fingerprint density at radius 3 is 2.80 bits per heavy atom. The van der Waals surface area contributed by atoms with Gasteiger partial charge >= 0.3 is 0 Å². The van der Waals surface area contributed by atoms with E-state index in [1.165, 1.54) is 6.42 Å². The largest absolute Gasteiger partial charge is 0.497 e. The van der Waals surface area contributed by atoms with E-state index in [2.05, 4.69) is 20.4 Å². The Morgan fingerprint density at radius 1 is 1.30 bits per heavy atom. The minimum atomic E-state index is 0.594. The highest BCUT2D eigenvalue weighted by atomic mass is 32.1. The molecule has 2 aliphatic rings. The topological polar surface area (TPSA) is 50.3 Å². The van der Waals surface area contributed by atoms with Crippen LogP contribution in [-0.4, -0.2) is 42.5 Å². The predicted molar refractivity (Wildman–Crippen MR) is 79.4 cm³/mol. The summed E-state index contributed by atoms with van der Waals surface area (Å²) < 4.78 is 5.18. The summed E-state index contributed by atoms with van der Waals surface area (Å²) >= 11 is 1.67. The molecule has 2 bridgehead atoms. The highest BCUT2D eigenvalue weighted by Gasteiger charge is 2.39. The number of rotatable bonds is 3. The molecule has 1 aromatic heterocycles. The van der Waals surface area contributed by atoms with Crippen molar-refractivity contribution in [2.45, 2.75) is 18.5 Å². The molecule has 5 nitrogen and oxygen atoms in total. The molecule has 2 atom stereocenters. The summed E-state index contributed by atoms with van der Waals surface area (Å²) in [5.41, 5.74) is 1.09. The first-order chi connectivity index (χ1) is 9.83. The lowest BCUT2D eigenvalue weighted by Crippen LogP contribution is -2.43. The maximum absolute atomic E-state index is 5.18. The van der Waals surface area contributed by atoms with Gasteiger partial charge in [0.2, 0.25) is 5.13 Å². The van der Waals surface area contributed by atoms with Crippen molar-refractivity contribution in [1.82, 2.24) is 15.5 Å². The van der Waals surface area contributed by atoms with Crippen LogP contribution in [0.25, 0.3) is 10.6 Å². The number of aromatic nitrogens is 2. The molecule has 2 fully saturated rings.